The van der Waals surface area contributed by atoms with Crippen molar-refractivity contribution in [2.24, 2.45) is 5.92 Å². The van der Waals surface area contributed by atoms with Gasteiger partial charge in [-0.25, -0.2) is 0 Å². The number of carbonyl (C=O) groups excluding carboxylic acids is 1. The largest absolute Gasteiger partial charge is 0.491 e. The van der Waals surface area contributed by atoms with E-state index in [0.29, 0.717) is 25.4 Å². The molecule has 0 aromatic heterocycles. The molecule has 1 aliphatic heterocycles. The number of nitrogens with zero attached hydrogens (tertiary/aromatic N) is 1. The Morgan fingerprint density at radius 2 is 1.81 bits per heavy atom. The predicted octanol–water partition coefficient (Wildman–Crippen LogP) is 5.04. The zero-order chi connectivity index (χ0) is 22.3. The van der Waals surface area contributed by atoms with Gasteiger partial charge in [0, 0.05) is 25.6 Å². The Balaban J connectivity index is 1.24. The molecule has 1 aliphatic carbocycles. The number of Topliss-reactive ketones (excluding diaryl/α,β-unsaturated/α-hetero) is 1. The maximum atomic E-state index is 12.2. The zero-order valence-electron chi connectivity index (χ0n) is 19.7. The zero-order valence-corrected chi connectivity index (χ0v) is 19.7. The standard InChI is InChI=1S/C28H37NO3/c1-21-6-7-24(20-28(21)32-17-16-31-2)18-23-11-14-29(15-12-23)13-10-22-8-9-25-4-3-5-27(30)26(25)19-22/h6-9,19-20,23H,3-5,10-18H2,1-2H3. The van der Waals surface area contributed by atoms with E-state index in [1.54, 1.807) is 7.11 Å². The second-order valence-electron chi connectivity index (χ2n) is 9.45. The highest BCUT2D eigenvalue weighted by Crippen LogP contribution is 2.26. The Morgan fingerprint density at radius 1 is 1.00 bits per heavy atom. The molecule has 0 amide bonds. The summed E-state index contributed by atoms with van der Waals surface area (Å²) >= 11 is 0. The van der Waals surface area contributed by atoms with Crippen molar-refractivity contribution in [3.8, 4) is 5.75 Å². The molecule has 4 rings (SSSR count). The second kappa shape index (κ2) is 11.1. The Bertz CT molecular complexity index is 915. The quantitative estimate of drug-likeness (QED) is 0.518. The fourth-order valence-electron chi connectivity index (χ4n) is 5.03. The van der Waals surface area contributed by atoms with Crippen LogP contribution in [0.5, 0.6) is 5.75 Å². The molecule has 0 N–H and O–H groups in total. The van der Waals surface area contributed by atoms with E-state index >= 15 is 0 Å². The number of rotatable bonds is 9. The number of ether oxygens (including phenoxy) is 2. The molecule has 0 radical (unpaired) electrons. The third kappa shape index (κ3) is 5.99. The first-order valence-electron chi connectivity index (χ1n) is 12.2. The summed E-state index contributed by atoms with van der Waals surface area (Å²) < 4.78 is 11.0. The van der Waals surface area contributed by atoms with Gasteiger partial charge in [0.1, 0.15) is 12.4 Å². The molecule has 1 heterocycles. The number of hydrogen-bond donors (Lipinski definition) is 0. The summed E-state index contributed by atoms with van der Waals surface area (Å²) in [5.41, 5.74) is 6.09. The summed E-state index contributed by atoms with van der Waals surface area (Å²) in [5, 5.41) is 0. The number of ketones is 1. The molecule has 2 aromatic carbocycles. The molecule has 1 saturated heterocycles. The highest BCUT2D eigenvalue weighted by atomic mass is 16.5. The molecular formula is C28H37NO3. The van der Waals surface area contributed by atoms with Crippen LogP contribution in [0.25, 0.3) is 0 Å². The van der Waals surface area contributed by atoms with Gasteiger partial charge in [0.2, 0.25) is 0 Å². The van der Waals surface area contributed by atoms with Crippen LogP contribution in [0.3, 0.4) is 0 Å². The van der Waals surface area contributed by atoms with Crippen LogP contribution < -0.4 is 4.74 Å². The Labute approximate surface area is 192 Å². The lowest BCUT2D eigenvalue weighted by molar-refractivity contribution is 0.0972. The van der Waals surface area contributed by atoms with Crippen molar-refractivity contribution in [1.82, 2.24) is 4.90 Å². The summed E-state index contributed by atoms with van der Waals surface area (Å²) in [7, 11) is 1.70. The van der Waals surface area contributed by atoms with Crippen LogP contribution in [-0.2, 0) is 24.0 Å². The molecule has 0 unspecified atom stereocenters. The lowest BCUT2D eigenvalue weighted by Crippen LogP contribution is -2.35. The fraction of sp³-hybridized carbons (Fsp3) is 0.536. The van der Waals surface area contributed by atoms with E-state index in [4.69, 9.17) is 9.47 Å². The third-order valence-electron chi connectivity index (χ3n) is 7.07. The highest BCUT2D eigenvalue weighted by molar-refractivity contribution is 5.98. The molecular weight excluding hydrogens is 398 g/mol. The van der Waals surface area contributed by atoms with Crippen LogP contribution in [0.15, 0.2) is 36.4 Å². The lowest BCUT2D eigenvalue weighted by Gasteiger charge is -2.32. The van der Waals surface area contributed by atoms with E-state index in [1.807, 2.05) is 0 Å². The van der Waals surface area contributed by atoms with E-state index in [-0.39, 0.29) is 0 Å². The maximum absolute atomic E-state index is 12.2. The molecule has 2 aliphatic rings. The van der Waals surface area contributed by atoms with Crippen molar-refractivity contribution < 1.29 is 14.3 Å². The number of aryl methyl sites for hydroxylation is 2. The van der Waals surface area contributed by atoms with Crippen molar-refractivity contribution in [2.45, 2.75) is 51.9 Å². The number of benzene rings is 2. The molecule has 0 bridgehead atoms. The van der Waals surface area contributed by atoms with Crippen molar-refractivity contribution in [1.29, 1.82) is 0 Å². The molecule has 32 heavy (non-hydrogen) atoms. The first-order chi connectivity index (χ1) is 15.6. The summed E-state index contributed by atoms with van der Waals surface area (Å²) in [6.07, 6.45) is 7.42. The number of fused-ring (bicyclic) bond motifs is 1. The van der Waals surface area contributed by atoms with E-state index in [0.717, 1.165) is 62.5 Å². The number of piperidine rings is 1. The average molecular weight is 436 g/mol. The van der Waals surface area contributed by atoms with Crippen molar-refractivity contribution in [3.05, 3.63) is 64.2 Å². The van der Waals surface area contributed by atoms with Crippen molar-refractivity contribution >= 4 is 5.78 Å². The van der Waals surface area contributed by atoms with Gasteiger partial charge in [-0.1, -0.05) is 24.3 Å². The summed E-state index contributed by atoms with van der Waals surface area (Å²) in [6, 6.07) is 13.2. The Kier molecular flexibility index (Phi) is 7.99. The van der Waals surface area contributed by atoms with Gasteiger partial charge in [-0.2, -0.15) is 0 Å². The average Bonchev–Trinajstić information content (AvgIpc) is 2.81. The van der Waals surface area contributed by atoms with Gasteiger partial charge < -0.3 is 14.4 Å². The van der Waals surface area contributed by atoms with E-state index < -0.39 is 0 Å². The van der Waals surface area contributed by atoms with Crippen molar-refractivity contribution in [3.63, 3.8) is 0 Å². The third-order valence-corrected chi connectivity index (χ3v) is 7.07. The van der Waals surface area contributed by atoms with E-state index in [9.17, 15) is 4.79 Å². The van der Waals surface area contributed by atoms with Gasteiger partial charge in [0.05, 0.1) is 6.61 Å². The number of methoxy groups -OCH3 is 1. The van der Waals surface area contributed by atoms with Gasteiger partial charge in [0.25, 0.3) is 0 Å². The van der Waals surface area contributed by atoms with Gasteiger partial charge in [-0.15, -0.1) is 0 Å². The minimum Gasteiger partial charge on any atom is -0.491 e. The monoisotopic (exact) mass is 435 g/mol. The Morgan fingerprint density at radius 3 is 2.62 bits per heavy atom. The molecule has 0 saturated carbocycles. The van der Waals surface area contributed by atoms with Gasteiger partial charge in [-0.3, -0.25) is 4.79 Å². The SMILES string of the molecule is COCCOc1cc(CC2CCN(CCc3ccc4c(c3)C(=O)CCC4)CC2)ccc1C. The fourth-order valence-corrected chi connectivity index (χ4v) is 5.03. The minimum atomic E-state index is 0.331. The van der Waals surface area contributed by atoms with Crippen LogP contribution in [0.4, 0.5) is 0 Å². The molecule has 4 heteroatoms. The van der Waals surface area contributed by atoms with E-state index in [2.05, 4.69) is 48.2 Å². The van der Waals surface area contributed by atoms with Crippen LogP contribution in [0, 0.1) is 12.8 Å². The first kappa shape index (κ1) is 23.0. The highest BCUT2D eigenvalue weighted by Gasteiger charge is 2.21. The molecule has 1 fully saturated rings. The molecule has 0 spiro atoms. The smallest absolute Gasteiger partial charge is 0.163 e. The number of likely N-dealkylation sites (tertiary alicyclic amines) is 1. The molecule has 0 atom stereocenters. The Hall–Kier alpha value is -2.17. The van der Waals surface area contributed by atoms with E-state index in [1.165, 1.54) is 35.1 Å². The van der Waals surface area contributed by atoms with Gasteiger partial charge in [0.15, 0.2) is 5.78 Å². The van der Waals surface area contributed by atoms with Crippen molar-refractivity contribution in [2.75, 3.05) is 40.0 Å². The number of hydrogen-bond acceptors (Lipinski definition) is 4. The topological polar surface area (TPSA) is 38.8 Å². The van der Waals surface area contributed by atoms with Gasteiger partial charge >= 0.3 is 0 Å². The van der Waals surface area contributed by atoms with Crippen LogP contribution >= 0.6 is 0 Å². The first-order valence-corrected chi connectivity index (χ1v) is 12.2. The normalized spacial score (nSPS) is 17.4. The van der Waals surface area contributed by atoms with Gasteiger partial charge in [-0.05, 0) is 98.8 Å². The molecule has 4 nitrogen and oxygen atoms in total. The summed E-state index contributed by atoms with van der Waals surface area (Å²) in [6.45, 7) is 6.72. The predicted molar refractivity (Wildman–Crippen MR) is 129 cm³/mol. The van der Waals surface area contributed by atoms with Crippen LogP contribution in [-0.4, -0.2) is 50.6 Å². The van der Waals surface area contributed by atoms with Crippen LogP contribution in [0.1, 0.15) is 58.3 Å². The maximum Gasteiger partial charge on any atom is 0.163 e. The molecule has 172 valence electrons. The summed E-state index contributed by atoms with van der Waals surface area (Å²) in [5.74, 6) is 2.06. The lowest BCUT2D eigenvalue weighted by atomic mass is 9.88. The number of carbonyl (C=O) groups is 1. The molecule has 2 aromatic rings. The summed E-state index contributed by atoms with van der Waals surface area (Å²) in [4.78, 5) is 14.8. The minimum absolute atomic E-state index is 0.331. The second-order valence-corrected chi connectivity index (χ2v) is 9.45. The van der Waals surface area contributed by atoms with Crippen LogP contribution in [0.2, 0.25) is 0 Å².